The van der Waals surface area contributed by atoms with Crippen LogP contribution in [-0.2, 0) is 0 Å². The van der Waals surface area contributed by atoms with Crippen molar-refractivity contribution in [1.29, 1.82) is 0 Å². The predicted molar refractivity (Wildman–Crippen MR) is 105 cm³/mol. The lowest BCUT2D eigenvalue weighted by Crippen LogP contribution is -1.99. The summed E-state index contributed by atoms with van der Waals surface area (Å²) in [7, 11) is 1.62. The lowest BCUT2D eigenvalue weighted by molar-refractivity contribution is 0.294. The van der Waals surface area contributed by atoms with Gasteiger partial charge in [-0.25, -0.2) is 5.10 Å². The maximum Gasteiger partial charge on any atom is 0.216 e. The maximum atomic E-state index is 5.67. The topological polar surface area (TPSA) is 64.4 Å². The van der Waals surface area contributed by atoms with Crippen LogP contribution in [0.5, 0.6) is 11.5 Å². The normalized spacial score (nSPS) is 11.0. The maximum absolute atomic E-state index is 5.67. The molecular formula is C19H20N4O2S. The molecule has 0 unspecified atom stereocenters. The van der Waals surface area contributed by atoms with Gasteiger partial charge in [-0.05, 0) is 42.4 Å². The number of ether oxygens (including phenoxy) is 2. The summed E-state index contributed by atoms with van der Waals surface area (Å²) in [6.07, 6.45) is 2.65. The number of hydrogen-bond donors (Lipinski definition) is 1. The van der Waals surface area contributed by atoms with Crippen molar-refractivity contribution in [3.8, 4) is 22.9 Å². The summed E-state index contributed by atoms with van der Waals surface area (Å²) in [6, 6.07) is 15.4. The van der Waals surface area contributed by atoms with Gasteiger partial charge in [-0.2, -0.15) is 14.9 Å². The number of hydrogen-bond acceptors (Lipinski definition) is 5. The minimum atomic E-state index is 0.426. The van der Waals surface area contributed by atoms with Crippen LogP contribution in [0, 0.1) is 4.77 Å². The average Bonchev–Trinajstić information content (AvgIpc) is 3.06. The van der Waals surface area contributed by atoms with Gasteiger partial charge in [-0.1, -0.05) is 37.3 Å². The van der Waals surface area contributed by atoms with E-state index in [1.807, 2.05) is 48.5 Å². The van der Waals surface area contributed by atoms with Crippen molar-refractivity contribution in [2.45, 2.75) is 13.3 Å². The van der Waals surface area contributed by atoms with Crippen LogP contribution in [-0.4, -0.2) is 34.8 Å². The lowest BCUT2D eigenvalue weighted by Gasteiger charge is -2.10. The second-order valence-electron chi connectivity index (χ2n) is 5.53. The van der Waals surface area contributed by atoms with Crippen LogP contribution in [0.4, 0.5) is 0 Å². The van der Waals surface area contributed by atoms with Gasteiger partial charge in [-0.3, -0.25) is 0 Å². The van der Waals surface area contributed by atoms with E-state index in [9.17, 15) is 0 Å². The molecule has 0 atom stereocenters. The van der Waals surface area contributed by atoms with E-state index in [1.54, 1.807) is 18.0 Å². The zero-order chi connectivity index (χ0) is 18.4. The SMILES string of the molecule is CCCOc1ccc(/C=N\n2c(-c3ccccc3)n[nH]c2=S)cc1OC. The van der Waals surface area contributed by atoms with Crippen molar-refractivity contribution in [3.05, 3.63) is 58.9 Å². The third-order valence-corrected chi connectivity index (χ3v) is 3.92. The Labute approximate surface area is 157 Å². The van der Waals surface area contributed by atoms with E-state index in [0.29, 0.717) is 23.0 Å². The van der Waals surface area contributed by atoms with E-state index < -0.39 is 0 Å². The third-order valence-electron chi connectivity index (χ3n) is 3.65. The van der Waals surface area contributed by atoms with Crippen molar-refractivity contribution >= 4 is 18.4 Å². The molecule has 134 valence electrons. The molecule has 0 amide bonds. The van der Waals surface area contributed by atoms with Crippen molar-refractivity contribution in [3.63, 3.8) is 0 Å². The highest BCUT2D eigenvalue weighted by molar-refractivity contribution is 7.71. The molecule has 1 heterocycles. The Balaban J connectivity index is 1.89. The first-order valence-electron chi connectivity index (χ1n) is 8.31. The van der Waals surface area contributed by atoms with E-state index >= 15 is 0 Å². The van der Waals surface area contributed by atoms with E-state index in [4.69, 9.17) is 21.7 Å². The molecule has 0 bridgehead atoms. The Morgan fingerprint density at radius 3 is 2.73 bits per heavy atom. The van der Waals surface area contributed by atoms with Crippen LogP contribution < -0.4 is 9.47 Å². The standard InChI is InChI=1S/C19H20N4O2S/c1-3-11-25-16-10-9-14(12-17(16)24-2)13-20-23-18(21-22-19(23)26)15-7-5-4-6-8-15/h4-10,12-13H,3,11H2,1-2H3,(H,22,26)/b20-13-. The zero-order valence-electron chi connectivity index (χ0n) is 14.7. The van der Waals surface area contributed by atoms with E-state index in [2.05, 4.69) is 22.2 Å². The number of H-pyrrole nitrogens is 1. The Morgan fingerprint density at radius 1 is 1.19 bits per heavy atom. The zero-order valence-corrected chi connectivity index (χ0v) is 15.5. The van der Waals surface area contributed by atoms with Crippen LogP contribution in [0.2, 0.25) is 0 Å². The van der Waals surface area contributed by atoms with Crippen molar-refractivity contribution in [2.75, 3.05) is 13.7 Å². The summed E-state index contributed by atoms with van der Waals surface area (Å²) in [5.74, 6) is 2.04. The van der Waals surface area contributed by atoms with Crippen LogP contribution in [0.3, 0.4) is 0 Å². The molecule has 0 saturated carbocycles. The molecule has 0 aliphatic rings. The van der Waals surface area contributed by atoms with Gasteiger partial charge in [0, 0.05) is 5.56 Å². The van der Waals surface area contributed by atoms with Crippen LogP contribution in [0.1, 0.15) is 18.9 Å². The van der Waals surface area contributed by atoms with E-state index in [-0.39, 0.29) is 0 Å². The largest absolute Gasteiger partial charge is 0.493 e. The van der Waals surface area contributed by atoms with Gasteiger partial charge in [0.1, 0.15) is 0 Å². The van der Waals surface area contributed by atoms with Crippen molar-refractivity contribution in [1.82, 2.24) is 14.9 Å². The van der Waals surface area contributed by atoms with Gasteiger partial charge in [0.25, 0.3) is 0 Å². The number of methoxy groups -OCH3 is 1. The Hall–Kier alpha value is -2.93. The van der Waals surface area contributed by atoms with Crippen molar-refractivity contribution in [2.24, 2.45) is 5.10 Å². The number of aromatic nitrogens is 3. The number of aromatic amines is 1. The molecule has 26 heavy (non-hydrogen) atoms. The van der Waals surface area contributed by atoms with Crippen LogP contribution in [0.25, 0.3) is 11.4 Å². The summed E-state index contributed by atoms with van der Waals surface area (Å²) in [4.78, 5) is 0. The van der Waals surface area contributed by atoms with Gasteiger partial charge in [-0.15, -0.1) is 0 Å². The fraction of sp³-hybridized carbons (Fsp3) is 0.211. The Bertz CT molecular complexity index is 948. The second-order valence-corrected chi connectivity index (χ2v) is 5.92. The molecule has 7 heteroatoms. The molecule has 1 aromatic heterocycles. The fourth-order valence-corrected chi connectivity index (χ4v) is 2.57. The number of nitrogens with one attached hydrogen (secondary N) is 1. The molecule has 3 aromatic rings. The molecule has 1 N–H and O–H groups in total. The molecular weight excluding hydrogens is 348 g/mol. The summed E-state index contributed by atoms with van der Waals surface area (Å²) >= 11 is 5.29. The minimum Gasteiger partial charge on any atom is -0.493 e. The second kappa shape index (κ2) is 8.44. The number of benzene rings is 2. The molecule has 0 aliphatic heterocycles. The smallest absolute Gasteiger partial charge is 0.216 e. The highest BCUT2D eigenvalue weighted by Gasteiger charge is 2.08. The monoisotopic (exact) mass is 368 g/mol. The third kappa shape index (κ3) is 4.00. The van der Waals surface area contributed by atoms with Crippen molar-refractivity contribution < 1.29 is 9.47 Å². The van der Waals surface area contributed by atoms with Gasteiger partial charge >= 0.3 is 0 Å². The molecule has 0 fully saturated rings. The predicted octanol–water partition coefficient (Wildman–Crippen LogP) is 4.29. The molecule has 0 radical (unpaired) electrons. The quantitative estimate of drug-likeness (QED) is 0.499. The molecule has 2 aromatic carbocycles. The lowest BCUT2D eigenvalue weighted by atomic mass is 10.2. The van der Waals surface area contributed by atoms with Gasteiger partial charge in [0.05, 0.1) is 19.9 Å². The number of nitrogens with zero attached hydrogens (tertiary/aromatic N) is 3. The summed E-state index contributed by atoms with van der Waals surface area (Å²) in [5, 5.41) is 11.5. The summed E-state index contributed by atoms with van der Waals surface area (Å²) in [5.41, 5.74) is 1.80. The summed E-state index contributed by atoms with van der Waals surface area (Å²) in [6.45, 7) is 2.71. The first kappa shape index (κ1) is 17.9. The molecule has 3 rings (SSSR count). The fourth-order valence-electron chi connectivity index (χ4n) is 2.39. The number of rotatable bonds is 7. The summed E-state index contributed by atoms with van der Waals surface area (Å²) < 4.78 is 13.1. The van der Waals surface area contributed by atoms with Gasteiger partial charge < -0.3 is 9.47 Å². The highest BCUT2D eigenvalue weighted by Crippen LogP contribution is 2.27. The van der Waals surface area contributed by atoms with Gasteiger partial charge in [0.15, 0.2) is 17.3 Å². The molecule has 6 nitrogen and oxygen atoms in total. The highest BCUT2D eigenvalue weighted by atomic mass is 32.1. The minimum absolute atomic E-state index is 0.426. The van der Waals surface area contributed by atoms with E-state index in [1.165, 1.54) is 0 Å². The van der Waals surface area contributed by atoms with Crippen LogP contribution >= 0.6 is 12.2 Å². The molecule has 0 aliphatic carbocycles. The van der Waals surface area contributed by atoms with Crippen LogP contribution in [0.15, 0.2) is 53.6 Å². The first-order chi connectivity index (χ1) is 12.7. The average molecular weight is 368 g/mol. The van der Waals surface area contributed by atoms with E-state index in [0.717, 1.165) is 23.3 Å². The molecule has 0 saturated heterocycles. The van der Waals surface area contributed by atoms with Gasteiger partial charge in [0.2, 0.25) is 4.77 Å². The Kier molecular flexibility index (Phi) is 5.80. The Morgan fingerprint density at radius 2 is 2.00 bits per heavy atom. The first-order valence-corrected chi connectivity index (χ1v) is 8.71. The molecule has 0 spiro atoms.